The van der Waals surface area contributed by atoms with Crippen molar-refractivity contribution in [3.05, 3.63) is 0 Å². The second-order valence-electron chi connectivity index (χ2n) is 6.12. The lowest BCUT2D eigenvalue weighted by Crippen LogP contribution is -2.58. The monoisotopic (exact) mass is 238 g/mol. The summed E-state index contributed by atoms with van der Waals surface area (Å²) in [5, 5.41) is 0. The van der Waals surface area contributed by atoms with Crippen LogP contribution in [0.2, 0.25) is 0 Å². The van der Waals surface area contributed by atoms with Gasteiger partial charge in [0.2, 0.25) is 0 Å². The number of ketones is 1. The Morgan fingerprint density at radius 3 is 2.65 bits per heavy atom. The maximum Gasteiger partial charge on any atom is 0.174 e. The normalized spacial score (nSPS) is 44.9. The van der Waals surface area contributed by atoms with Gasteiger partial charge in [-0.15, -0.1) is 0 Å². The van der Waals surface area contributed by atoms with E-state index in [-0.39, 0.29) is 17.1 Å². The van der Waals surface area contributed by atoms with Gasteiger partial charge in [0.05, 0.1) is 13.2 Å². The van der Waals surface area contributed by atoms with E-state index in [0.717, 1.165) is 25.7 Å². The van der Waals surface area contributed by atoms with Crippen molar-refractivity contribution in [2.75, 3.05) is 13.2 Å². The Bertz CT molecular complexity index is 332. The minimum absolute atomic E-state index is 0.0368. The summed E-state index contributed by atoms with van der Waals surface area (Å²) in [6, 6.07) is 0. The molecule has 3 nitrogen and oxygen atoms in total. The summed E-state index contributed by atoms with van der Waals surface area (Å²) in [6.45, 7) is 5.80. The van der Waals surface area contributed by atoms with Gasteiger partial charge in [-0.3, -0.25) is 4.79 Å². The Hall–Kier alpha value is -0.410. The van der Waals surface area contributed by atoms with Gasteiger partial charge in [-0.25, -0.2) is 0 Å². The molecule has 1 saturated heterocycles. The summed E-state index contributed by atoms with van der Waals surface area (Å²) in [5.41, 5.74) is 0.0368. The predicted octanol–water partition coefficient (Wildman–Crippen LogP) is 2.53. The lowest BCUT2D eigenvalue weighted by Gasteiger charge is -2.56. The second kappa shape index (κ2) is 3.79. The number of hydrogen-bond acceptors (Lipinski definition) is 3. The summed E-state index contributed by atoms with van der Waals surface area (Å²) < 4.78 is 12.0. The number of ether oxygens (including phenoxy) is 2. The number of fused-ring (bicyclic) bond motifs is 2. The molecular weight excluding hydrogens is 216 g/mol. The molecule has 17 heavy (non-hydrogen) atoms. The van der Waals surface area contributed by atoms with Gasteiger partial charge in [0.25, 0.3) is 0 Å². The molecule has 0 amide bonds. The molecule has 3 fully saturated rings. The van der Waals surface area contributed by atoms with Gasteiger partial charge in [0.15, 0.2) is 5.79 Å². The Morgan fingerprint density at radius 2 is 1.94 bits per heavy atom. The van der Waals surface area contributed by atoms with Gasteiger partial charge < -0.3 is 9.47 Å². The standard InChI is InChI=1S/C14H22O3/c1-10-11-4-3-6-14(16-8-9-17-14)13(11,2)7-5-12(10)15/h10-11H,3-9H2,1-2H3/t10-,11+,13-/m1/s1. The molecule has 0 N–H and O–H groups in total. The zero-order valence-electron chi connectivity index (χ0n) is 10.8. The number of hydrogen-bond donors (Lipinski definition) is 0. The summed E-state index contributed by atoms with van der Waals surface area (Å²) in [6.07, 6.45) is 4.90. The molecule has 3 rings (SSSR count). The van der Waals surface area contributed by atoms with Crippen LogP contribution in [0, 0.1) is 17.3 Å². The van der Waals surface area contributed by atoms with Gasteiger partial charge >= 0.3 is 0 Å². The van der Waals surface area contributed by atoms with Crippen LogP contribution < -0.4 is 0 Å². The highest BCUT2D eigenvalue weighted by Crippen LogP contribution is 2.59. The molecule has 0 aromatic heterocycles. The van der Waals surface area contributed by atoms with Crippen LogP contribution in [0.25, 0.3) is 0 Å². The molecule has 96 valence electrons. The summed E-state index contributed by atoms with van der Waals surface area (Å²) in [5.74, 6) is 0.669. The zero-order chi connectivity index (χ0) is 12.1. The van der Waals surface area contributed by atoms with E-state index in [9.17, 15) is 4.79 Å². The molecule has 0 radical (unpaired) electrons. The molecule has 0 aromatic carbocycles. The lowest BCUT2D eigenvalue weighted by molar-refractivity contribution is -0.278. The molecule has 1 heterocycles. The minimum atomic E-state index is -0.384. The molecule has 3 heteroatoms. The third-order valence-corrected chi connectivity index (χ3v) is 5.47. The van der Waals surface area contributed by atoms with Crippen molar-refractivity contribution in [2.45, 2.75) is 51.7 Å². The molecule has 1 spiro atoms. The van der Waals surface area contributed by atoms with E-state index in [1.807, 2.05) is 0 Å². The average Bonchev–Trinajstić information content (AvgIpc) is 2.78. The molecule has 0 bridgehead atoms. The molecule has 1 aliphatic heterocycles. The van der Waals surface area contributed by atoms with Gasteiger partial charge in [0.1, 0.15) is 5.78 Å². The van der Waals surface area contributed by atoms with Crippen molar-refractivity contribution >= 4 is 5.78 Å². The molecular formula is C14H22O3. The Kier molecular flexibility index (Phi) is 2.60. The fraction of sp³-hybridized carbons (Fsp3) is 0.929. The molecule has 2 aliphatic carbocycles. The summed E-state index contributed by atoms with van der Waals surface area (Å²) >= 11 is 0. The van der Waals surface area contributed by atoms with E-state index in [0.29, 0.717) is 31.3 Å². The van der Waals surface area contributed by atoms with E-state index < -0.39 is 0 Å². The van der Waals surface area contributed by atoms with Crippen LogP contribution in [0.4, 0.5) is 0 Å². The Balaban J connectivity index is 1.97. The largest absolute Gasteiger partial charge is 0.347 e. The molecule has 0 unspecified atom stereocenters. The fourth-order valence-electron chi connectivity index (χ4n) is 4.38. The van der Waals surface area contributed by atoms with Gasteiger partial charge in [-0.05, 0) is 25.2 Å². The Morgan fingerprint density at radius 1 is 1.24 bits per heavy atom. The van der Waals surface area contributed by atoms with Crippen molar-refractivity contribution < 1.29 is 14.3 Å². The number of carbonyl (C=O) groups is 1. The van der Waals surface area contributed by atoms with E-state index >= 15 is 0 Å². The molecule has 2 saturated carbocycles. The van der Waals surface area contributed by atoms with Gasteiger partial charge in [0, 0.05) is 24.2 Å². The molecule has 3 aliphatic rings. The lowest BCUT2D eigenvalue weighted by atomic mass is 9.54. The first-order valence-corrected chi connectivity index (χ1v) is 6.90. The smallest absolute Gasteiger partial charge is 0.174 e. The van der Waals surface area contributed by atoms with Gasteiger partial charge in [-0.2, -0.15) is 0 Å². The first-order chi connectivity index (χ1) is 8.09. The van der Waals surface area contributed by atoms with Crippen molar-refractivity contribution in [3.8, 4) is 0 Å². The molecule has 0 aromatic rings. The highest BCUT2D eigenvalue weighted by Gasteiger charge is 2.61. The average molecular weight is 238 g/mol. The van der Waals surface area contributed by atoms with E-state index in [1.165, 1.54) is 0 Å². The van der Waals surface area contributed by atoms with Crippen LogP contribution in [0.5, 0.6) is 0 Å². The van der Waals surface area contributed by atoms with E-state index in [2.05, 4.69) is 13.8 Å². The maximum atomic E-state index is 11.9. The van der Waals surface area contributed by atoms with Crippen LogP contribution in [0.3, 0.4) is 0 Å². The van der Waals surface area contributed by atoms with Crippen molar-refractivity contribution in [1.29, 1.82) is 0 Å². The summed E-state index contributed by atoms with van der Waals surface area (Å²) in [4.78, 5) is 11.9. The number of rotatable bonds is 0. The molecule has 3 atom stereocenters. The summed E-state index contributed by atoms with van der Waals surface area (Å²) in [7, 11) is 0. The first kappa shape index (κ1) is 11.7. The Labute approximate surface area is 103 Å². The van der Waals surface area contributed by atoms with Crippen LogP contribution >= 0.6 is 0 Å². The number of Topliss-reactive ketones (excluding diaryl/α,β-unsaturated/α-hetero) is 1. The SMILES string of the molecule is C[C@H]1C(=O)CC[C@]2(C)[C@H]1CCCC21OCCO1. The zero-order valence-corrected chi connectivity index (χ0v) is 10.8. The van der Waals surface area contributed by atoms with Crippen LogP contribution in [-0.2, 0) is 14.3 Å². The first-order valence-electron chi connectivity index (χ1n) is 6.90. The van der Waals surface area contributed by atoms with Gasteiger partial charge in [-0.1, -0.05) is 13.8 Å². The van der Waals surface area contributed by atoms with Crippen molar-refractivity contribution in [1.82, 2.24) is 0 Å². The van der Waals surface area contributed by atoms with Crippen molar-refractivity contribution in [3.63, 3.8) is 0 Å². The highest BCUT2D eigenvalue weighted by atomic mass is 16.7. The van der Waals surface area contributed by atoms with Crippen LogP contribution in [0.1, 0.15) is 46.0 Å². The third kappa shape index (κ3) is 1.45. The van der Waals surface area contributed by atoms with Crippen molar-refractivity contribution in [2.24, 2.45) is 17.3 Å². The predicted molar refractivity (Wildman–Crippen MR) is 63.5 cm³/mol. The van der Waals surface area contributed by atoms with Crippen LogP contribution in [0.15, 0.2) is 0 Å². The quantitative estimate of drug-likeness (QED) is 0.650. The minimum Gasteiger partial charge on any atom is -0.347 e. The number of carbonyl (C=O) groups excluding carboxylic acids is 1. The maximum absolute atomic E-state index is 11.9. The van der Waals surface area contributed by atoms with E-state index in [4.69, 9.17) is 9.47 Å². The van der Waals surface area contributed by atoms with Crippen LogP contribution in [-0.4, -0.2) is 24.8 Å². The second-order valence-corrected chi connectivity index (χ2v) is 6.12. The highest BCUT2D eigenvalue weighted by molar-refractivity contribution is 5.82. The van der Waals surface area contributed by atoms with E-state index in [1.54, 1.807) is 0 Å². The fourth-order valence-corrected chi connectivity index (χ4v) is 4.38. The third-order valence-electron chi connectivity index (χ3n) is 5.47. The topological polar surface area (TPSA) is 35.5 Å².